The van der Waals surface area contributed by atoms with Gasteiger partial charge in [-0.05, 0) is 65.2 Å². The van der Waals surface area contributed by atoms with E-state index in [1.54, 1.807) is 12.1 Å². The molecule has 0 spiro atoms. The summed E-state index contributed by atoms with van der Waals surface area (Å²) in [7, 11) is 0. The van der Waals surface area contributed by atoms with E-state index in [1.807, 2.05) is 32.0 Å². The highest BCUT2D eigenvalue weighted by molar-refractivity contribution is 9.10. The monoisotopic (exact) mass is 415 g/mol. The van der Waals surface area contributed by atoms with Crippen LogP contribution >= 0.6 is 43.5 Å². The van der Waals surface area contributed by atoms with Gasteiger partial charge in [-0.15, -0.1) is 0 Å². The van der Waals surface area contributed by atoms with Crippen LogP contribution in [0.1, 0.15) is 21.5 Å². The fourth-order valence-electron chi connectivity index (χ4n) is 1.79. The summed E-state index contributed by atoms with van der Waals surface area (Å²) >= 11 is 12.9. The molecule has 0 saturated carbocycles. The number of hydrogen-bond donors (Lipinski definition) is 1. The Morgan fingerprint density at radius 3 is 2.55 bits per heavy atom. The third kappa shape index (κ3) is 3.25. The first kappa shape index (κ1) is 15.5. The lowest BCUT2D eigenvalue weighted by Crippen LogP contribution is -2.14. The van der Waals surface area contributed by atoms with E-state index in [0.29, 0.717) is 16.3 Å². The van der Waals surface area contributed by atoms with Gasteiger partial charge in [-0.2, -0.15) is 0 Å². The molecule has 2 aromatic carbocycles. The molecule has 5 heteroatoms. The number of anilines is 1. The third-order valence-electron chi connectivity index (χ3n) is 3.01. The second-order valence-electron chi connectivity index (χ2n) is 4.45. The van der Waals surface area contributed by atoms with E-state index in [-0.39, 0.29) is 5.91 Å². The highest BCUT2D eigenvalue weighted by atomic mass is 79.9. The lowest BCUT2D eigenvalue weighted by Gasteiger charge is -2.11. The van der Waals surface area contributed by atoms with Crippen LogP contribution in [0.3, 0.4) is 0 Å². The molecule has 0 saturated heterocycles. The summed E-state index contributed by atoms with van der Waals surface area (Å²) in [5.41, 5.74) is 3.14. The Balaban J connectivity index is 2.33. The van der Waals surface area contributed by atoms with Crippen LogP contribution < -0.4 is 5.32 Å². The first-order chi connectivity index (χ1) is 9.40. The number of hydrogen-bond acceptors (Lipinski definition) is 1. The average Bonchev–Trinajstić information content (AvgIpc) is 2.39. The van der Waals surface area contributed by atoms with Gasteiger partial charge in [-0.3, -0.25) is 4.79 Å². The van der Waals surface area contributed by atoms with Crippen LogP contribution in [0, 0.1) is 13.8 Å². The van der Waals surface area contributed by atoms with E-state index in [0.717, 1.165) is 20.1 Å². The van der Waals surface area contributed by atoms with E-state index in [9.17, 15) is 4.79 Å². The van der Waals surface area contributed by atoms with Crippen molar-refractivity contribution in [2.75, 3.05) is 5.32 Å². The molecule has 0 bridgehead atoms. The van der Waals surface area contributed by atoms with Gasteiger partial charge >= 0.3 is 0 Å². The van der Waals surface area contributed by atoms with Crippen LogP contribution in [0.5, 0.6) is 0 Å². The molecule has 104 valence electrons. The van der Waals surface area contributed by atoms with E-state index < -0.39 is 0 Å². The maximum absolute atomic E-state index is 12.3. The Kier molecular flexibility index (Phi) is 4.89. The number of halogens is 3. The van der Waals surface area contributed by atoms with E-state index in [4.69, 9.17) is 11.6 Å². The predicted octanol–water partition coefficient (Wildman–Crippen LogP) is 5.73. The van der Waals surface area contributed by atoms with Crippen LogP contribution in [0.15, 0.2) is 39.3 Å². The fraction of sp³-hybridized carbons (Fsp3) is 0.133. The van der Waals surface area contributed by atoms with Crippen molar-refractivity contribution in [3.05, 3.63) is 61.0 Å². The summed E-state index contributed by atoms with van der Waals surface area (Å²) in [5.74, 6) is -0.163. The van der Waals surface area contributed by atoms with Crippen LogP contribution in [0.2, 0.25) is 5.02 Å². The van der Waals surface area contributed by atoms with Gasteiger partial charge < -0.3 is 5.32 Å². The predicted molar refractivity (Wildman–Crippen MR) is 90.7 cm³/mol. The molecule has 1 amide bonds. The maximum Gasteiger partial charge on any atom is 0.256 e. The molecule has 0 radical (unpaired) electrons. The smallest absolute Gasteiger partial charge is 0.256 e. The number of amides is 1. The molecule has 0 aromatic heterocycles. The molecular formula is C15H12Br2ClNO. The largest absolute Gasteiger partial charge is 0.321 e. The SMILES string of the molecule is Cc1cc(Br)c(NC(=O)c2cccc(Br)c2C)cc1Cl. The van der Waals surface area contributed by atoms with Gasteiger partial charge in [-0.25, -0.2) is 0 Å². The summed E-state index contributed by atoms with van der Waals surface area (Å²) < 4.78 is 1.71. The molecule has 0 aliphatic heterocycles. The van der Waals surface area contributed by atoms with Gasteiger partial charge in [0, 0.05) is 19.5 Å². The summed E-state index contributed by atoms with van der Waals surface area (Å²) in [6.07, 6.45) is 0. The molecule has 0 atom stereocenters. The second kappa shape index (κ2) is 6.29. The molecule has 2 nitrogen and oxygen atoms in total. The van der Waals surface area contributed by atoms with Gasteiger partial charge in [0.15, 0.2) is 0 Å². The highest BCUT2D eigenvalue weighted by Crippen LogP contribution is 2.30. The van der Waals surface area contributed by atoms with Gasteiger partial charge in [0.1, 0.15) is 0 Å². The molecule has 0 aliphatic rings. The van der Waals surface area contributed by atoms with Crippen LogP contribution in [-0.2, 0) is 0 Å². The van der Waals surface area contributed by atoms with E-state index in [1.165, 1.54) is 0 Å². The Bertz CT molecular complexity index is 686. The molecule has 0 unspecified atom stereocenters. The number of rotatable bonds is 2. The quantitative estimate of drug-likeness (QED) is 0.664. The Hall–Kier alpha value is -0.840. The van der Waals surface area contributed by atoms with Gasteiger partial charge in [0.2, 0.25) is 0 Å². The number of aryl methyl sites for hydroxylation is 1. The summed E-state index contributed by atoms with van der Waals surface area (Å²) in [6.45, 7) is 3.81. The lowest BCUT2D eigenvalue weighted by atomic mass is 10.1. The molecule has 0 fully saturated rings. The van der Waals surface area contributed by atoms with Gasteiger partial charge in [0.05, 0.1) is 5.69 Å². The van der Waals surface area contributed by atoms with Crippen molar-refractivity contribution >= 4 is 55.1 Å². The highest BCUT2D eigenvalue weighted by Gasteiger charge is 2.13. The van der Waals surface area contributed by atoms with Crippen molar-refractivity contribution in [3.63, 3.8) is 0 Å². The maximum atomic E-state index is 12.3. The second-order valence-corrected chi connectivity index (χ2v) is 6.56. The van der Waals surface area contributed by atoms with E-state index >= 15 is 0 Å². The van der Waals surface area contributed by atoms with Crippen molar-refractivity contribution in [1.82, 2.24) is 0 Å². The Morgan fingerprint density at radius 2 is 1.85 bits per heavy atom. The summed E-state index contributed by atoms with van der Waals surface area (Å²) in [4.78, 5) is 12.3. The van der Waals surface area contributed by atoms with Gasteiger partial charge in [0.25, 0.3) is 5.91 Å². The van der Waals surface area contributed by atoms with Crippen molar-refractivity contribution in [2.24, 2.45) is 0 Å². The van der Waals surface area contributed by atoms with Gasteiger partial charge in [-0.1, -0.05) is 33.6 Å². The number of benzene rings is 2. The molecule has 20 heavy (non-hydrogen) atoms. The minimum atomic E-state index is -0.163. The number of carbonyl (C=O) groups excluding carboxylic acids is 1. The normalized spacial score (nSPS) is 10.4. The van der Waals surface area contributed by atoms with Crippen LogP contribution in [0.25, 0.3) is 0 Å². The molecule has 1 N–H and O–H groups in total. The average molecular weight is 418 g/mol. The van der Waals surface area contributed by atoms with Crippen LogP contribution in [-0.4, -0.2) is 5.91 Å². The minimum Gasteiger partial charge on any atom is -0.321 e. The standard InChI is InChI=1S/C15H12Br2ClNO/c1-8-6-12(17)14(7-13(8)18)19-15(20)10-4-3-5-11(16)9(10)2/h3-7H,1-2H3,(H,19,20). The molecule has 2 rings (SSSR count). The summed E-state index contributed by atoms with van der Waals surface area (Å²) in [5, 5.41) is 3.49. The number of carbonyl (C=O) groups is 1. The fourth-order valence-corrected chi connectivity index (χ4v) is 2.87. The zero-order valence-corrected chi connectivity index (χ0v) is 14.9. The Morgan fingerprint density at radius 1 is 1.15 bits per heavy atom. The topological polar surface area (TPSA) is 29.1 Å². The first-order valence-corrected chi connectivity index (χ1v) is 7.88. The molecule has 2 aromatic rings. The Labute approximate surface area is 139 Å². The minimum absolute atomic E-state index is 0.163. The van der Waals surface area contributed by atoms with Crippen molar-refractivity contribution in [1.29, 1.82) is 0 Å². The van der Waals surface area contributed by atoms with E-state index in [2.05, 4.69) is 37.2 Å². The molecule has 0 heterocycles. The lowest BCUT2D eigenvalue weighted by molar-refractivity contribution is 0.102. The van der Waals surface area contributed by atoms with Crippen molar-refractivity contribution < 1.29 is 4.79 Å². The van der Waals surface area contributed by atoms with Crippen molar-refractivity contribution in [3.8, 4) is 0 Å². The number of nitrogens with one attached hydrogen (secondary N) is 1. The zero-order valence-electron chi connectivity index (χ0n) is 10.9. The third-order valence-corrected chi connectivity index (χ3v) is 4.93. The zero-order chi connectivity index (χ0) is 14.9. The molecule has 0 aliphatic carbocycles. The first-order valence-electron chi connectivity index (χ1n) is 5.92. The summed E-state index contributed by atoms with van der Waals surface area (Å²) in [6, 6.07) is 9.16. The molecular weight excluding hydrogens is 405 g/mol. The van der Waals surface area contributed by atoms with Crippen molar-refractivity contribution in [2.45, 2.75) is 13.8 Å². The van der Waals surface area contributed by atoms with Crippen LogP contribution in [0.4, 0.5) is 5.69 Å².